The van der Waals surface area contributed by atoms with Crippen molar-refractivity contribution in [1.82, 2.24) is 4.90 Å². The highest BCUT2D eigenvalue weighted by molar-refractivity contribution is 6.30. The summed E-state index contributed by atoms with van der Waals surface area (Å²) in [5.74, 6) is -0.478. The summed E-state index contributed by atoms with van der Waals surface area (Å²) in [6, 6.07) is 12.6. The van der Waals surface area contributed by atoms with Gasteiger partial charge in [0.2, 0.25) is 0 Å². The van der Waals surface area contributed by atoms with Gasteiger partial charge in [-0.2, -0.15) is 0 Å². The van der Waals surface area contributed by atoms with Gasteiger partial charge in [-0.25, -0.2) is 9.18 Å². The van der Waals surface area contributed by atoms with Gasteiger partial charge in [-0.1, -0.05) is 23.7 Å². The number of likely N-dealkylation sites (tertiary alicyclic amines) is 1. The van der Waals surface area contributed by atoms with Gasteiger partial charge in [0.25, 0.3) is 0 Å². The van der Waals surface area contributed by atoms with Crippen LogP contribution in [-0.4, -0.2) is 41.6 Å². The molecule has 1 heterocycles. The van der Waals surface area contributed by atoms with Crippen LogP contribution >= 0.6 is 11.6 Å². The number of nitrogens with zero attached hydrogens (tertiary/aromatic N) is 1. The van der Waals surface area contributed by atoms with E-state index in [2.05, 4.69) is 4.90 Å². The van der Waals surface area contributed by atoms with E-state index in [4.69, 9.17) is 16.3 Å². The zero-order valence-corrected chi connectivity index (χ0v) is 16.9. The Morgan fingerprint density at radius 3 is 2.45 bits per heavy atom. The number of halogens is 2. The molecule has 2 aromatic carbocycles. The number of hydrogen-bond acceptors (Lipinski definition) is 4. The van der Waals surface area contributed by atoms with Gasteiger partial charge in [-0.05, 0) is 74.8 Å². The molecule has 2 aromatic rings. The van der Waals surface area contributed by atoms with E-state index in [9.17, 15) is 19.1 Å². The molecular weight excluding hydrogens is 397 g/mol. The van der Waals surface area contributed by atoms with Crippen molar-refractivity contribution in [3.8, 4) is 0 Å². The van der Waals surface area contributed by atoms with Crippen LogP contribution in [0.1, 0.15) is 35.7 Å². The van der Waals surface area contributed by atoms with Gasteiger partial charge in [-0.15, -0.1) is 0 Å². The summed E-state index contributed by atoms with van der Waals surface area (Å²) in [4.78, 5) is 26.0. The SMILES string of the molecule is CC(CN1CCC(C(=O)c2ccc(F)cc2)CC1)(OC(=O)O)c1cccc(Cl)c1. The fraction of sp³-hybridized carbons (Fsp3) is 0.364. The molecular formula is C22H23ClFNO4. The van der Waals surface area contributed by atoms with Crippen molar-refractivity contribution < 1.29 is 23.8 Å². The predicted molar refractivity (Wildman–Crippen MR) is 108 cm³/mol. The number of ketones is 1. The van der Waals surface area contributed by atoms with Crippen molar-refractivity contribution in [3.05, 3.63) is 70.5 Å². The molecule has 154 valence electrons. The van der Waals surface area contributed by atoms with Crippen molar-refractivity contribution in [3.63, 3.8) is 0 Å². The van der Waals surface area contributed by atoms with Crippen LogP contribution in [0.25, 0.3) is 0 Å². The van der Waals surface area contributed by atoms with Gasteiger partial charge < -0.3 is 9.84 Å². The average molecular weight is 420 g/mol. The molecule has 29 heavy (non-hydrogen) atoms. The first-order chi connectivity index (χ1) is 13.8. The molecule has 1 unspecified atom stereocenters. The zero-order chi connectivity index (χ0) is 21.0. The minimum absolute atomic E-state index is 0.0176. The first-order valence-corrected chi connectivity index (χ1v) is 9.85. The lowest BCUT2D eigenvalue weighted by atomic mass is 9.87. The third-order valence-electron chi connectivity index (χ3n) is 5.36. The van der Waals surface area contributed by atoms with Gasteiger partial charge in [0, 0.05) is 23.0 Å². The molecule has 0 amide bonds. The highest BCUT2D eigenvalue weighted by Gasteiger charge is 2.36. The first kappa shape index (κ1) is 21.3. The van der Waals surface area contributed by atoms with Crippen molar-refractivity contribution in [1.29, 1.82) is 0 Å². The molecule has 0 saturated carbocycles. The molecule has 0 aromatic heterocycles. The molecule has 1 atom stereocenters. The molecule has 3 rings (SSSR count). The van der Waals surface area contributed by atoms with Crippen LogP contribution in [0.3, 0.4) is 0 Å². The van der Waals surface area contributed by atoms with Gasteiger partial charge in [-0.3, -0.25) is 9.69 Å². The van der Waals surface area contributed by atoms with Crippen LogP contribution < -0.4 is 0 Å². The smallest absolute Gasteiger partial charge is 0.450 e. The number of benzene rings is 2. The fourth-order valence-corrected chi connectivity index (χ4v) is 4.01. The van der Waals surface area contributed by atoms with Crippen LogP contribution in [0.4, 0.5) is 9.18 Å². The molecule has 7 heteroatoms. The predicted octanol–water partition coefficient (Wildman–Crippen LogP) is 4.98. The lowest BCUT2D eigenvalue weighted by Crippen LogP contribution is -2.46. The van der Waals surface area contributed by atoms with E-state index < -0.39 is 11.8 Å². The highest BCUT2D eigenvalue weighted by Crippen LogP contribution is 2.31. The van der Waals surface area contributed by atoms with Gasteiger partial charge in [0.05, 0.1) is 0 Å². The molecule has 0 aliphatic carbocycles. The Balaban J connectivity index is 1.66. The van der Waals surface area contributed by atoms with Gasteiger partial charge in [0.1, 0.15) is 5.82 Å². The van der Waals surface area contributed by atoms with Gasteiger partial charge >= 0.3 is 6.16 Å². The molecule has 1 fully saturated rings. The number of hydrogen-bond donors (Lipinski definition) is 1. The van der Waals surface area contributed by atoms with E-state index in [1.165, 1.54) is 24.3 Å². The largest absolute Gasteiger partial charge is 0.506 e. The number of rotatable bonds is 6. The van der Waals surface area contributed by atoms with Crippen LogP contribution in [0.15, 0.2) is 48.5 Å². The molecule has 0 spiro atoms. The zero-order valence-electron chi connectivity index (χ0n) is 16.1. The summed E-state index contributed by atoms with van der Waals surface area (Å²) in [7, 11) is 0. The monoisotopic (exact) mass is 419 g/mol. The quantitative estimate of drug-likeness (QED) is 0.528. The normalized spacial score (nSPS) is 17.5. The number of piperidine rings is 1. The Morgan fingerprint density at radius 1 is 1.21 bits per heavy atom. The topological polar surface area (TPSA) is 66.8 Å². The summed E-state index contributed by atoms with van der Waals surface area (Å²) in [5.41, 5.74) is 0.115. The fourth-order valence-electron chi connectivity index (χ4n) is 3.82. The number of carboxylic acid groups (broad SMARTS) is 1. The second kappa shape index (κ2) is 8.93. The van der Waals surface area contributed by atoms with Gasteiger partial charge in [0.15, 0.2) is 11.4 Å². The molecule has 5 nitrogen and oxygen atoms in total. The second-order valence-electron chi connectivity index (χ2n) is 7.53. The third-order valence-corrected chi connectivity index (χ3v) is 5.60. The maximum atomic E-state index is 13.1. The molecule has 0 radical (unpaired) electrons. The Hall–Kier alpha value is -2.44. The second-order valence-corrected chi connectivity index (χ2v) is 7.97. The first-order valence-electron chi connectivity index (χ1n) is 9.47. The average Bonchev–Trinajstić information content (AvgIpc) is 2.68. The Morgan fingerprint density at radius 2 is 1.86 bits per heavy atom. The number of carbonyl (C=O) groups is 2. The van der Waals surface area contributed by atoms with E-state index in [1.807, 2.05) is 0 Å². The summed E-state index contributed by atoms with van der Waals surface area (Å²) in [6.07, 6.45) is -0.0575. The Bertz CT molecular complexity index is 881. The van der Waals surface area contributed by atoms with E-state index in [1.54, 1.807) is 31.2 Å². The third kappa shape index (κ3) is 5.34. The van der Waals surface area contributed by atoms with E-state index in [-0.39, 0.29) is 17.5 Å². The summed E-state index contributed by atoms with van der Waals surface area (Å²) in [6.45, 7) is 3.35. The molecule has 1 saturated heterocycles. The summed E-state index contributed by atoms with van der Waals surface area (Å²) in [5, 5.41) is 9.73. The lowest BCUT2D eigenvalue weighted by molar-refractivity contribution is -0.0360. The molecule has 1 N–H and O–H groups in total. The lowest BCUT2D eigenvalue weighted by Gasteiger charge is -2.38. The summed E-state index contributed by atoms with van der Waals surface area (Å²) < 4.78 is 18.3. The van der Waals surface area contributed by atoms with Crippen molar-refractivity contribution in [2.75, 3.05) is 19.6 Å². The van der Waals surface area contributed by atoms with Crippen LogP contribution in [0.2, 0.25) is 5.02 Å². The maximum Gasteiger partial charge on any atom is 0.506 e. The van der Waals surface area contributed by atoms with Crippen LogP contribution in [0.5, 0.6) is 0 Å². The molecule has 1 aliphatic rings. The number of ether oxygens (including phenoxy) is 1. The van der Waals surface area contributed by atoms with Crippen molar-refractivity contribution >= 4 is 23.5 Å². The number of carbonyl (C=O) groups excluding carboxylic acids is 1. The van der Waals surface area contributed by atoms with E-state index in [0.29, 0.717) is 48.6 Å². The Labute approximate surface area is 174 Å². The highest BCUT2D eigenvalue weighted by atomic mass is 35.5. The number of Topliss-reactive ketones (excluding diaryl/α,β-unsaturated/α-hetero) is 1. The van der Waals surface area contributed by atoms with E-state index in [0.717, 1.165) is 0 Å². The van der Waals surface area contributed by atoms with Crippen molar-refractivity contribution in [2.24, 2.45) is 5.92 Å². The standard InChI is InChI=1S/C22H23ClFNO4/c1-22(29-21(27)28,17-3-2-4-18(23)13-17)14-25-11-9-16(10-12-25)20(26)15-5-7-19(24)8-6-15/h2-8,13,16H,9-12,14H2,1H3,(H,27,28). The molecule has 1 aliphatic heterocycles. The van der Waals surface area contributed by atoms with E-state index >= 15 is 0 Å². The minimum Gasteiger partial charge on any atom is -0.450 e. The van der Waals surface area contributed by atoms with Crippen LogP contribution in [0, 0.1) is 11.7 Å². The van der Waals surface area contributed by atoms with Crippen LogP contribution in [-0.2, 0) is 10.3 Å². The molecule has 0 bridgehead atoms. The summed E-state index contributed by atoms with van der Waals surface area (Å²) >= 11 is 6.07. The van der Waals surface area contributed by atoms with Crippen molar-refractivity contribution in [2.45, 2.75) is 25.4 Å². The Kier molecular flexibility index (Phi) is 6.55. The minimum atomic E-state index is -1.35. The maximum absolute atomic E-state index is 13.1.